The molecule has 0 bridgehead atoms. The summed E-state index contributed by atoms with van der Waals surface area (Å²) in [5.74, 6) is -0.429. The standard InChI is InChI=1S/C23H30N2O4/c1-15-17(11-12-19(26)24-15)25-21(27)16-9-8-10-18(20(16)22(25)28)29-14-7-5-6-13-23(2,3)4/h8-10,17H,1,5-7,11-14H2,2-4H3,(H,24,26). The molecule has 3 amide bonds. The van der Waals surface area contributed by atoms with Crippen LogP contribution < -0.4 is 10.1 Å². The predicted molar refractivity (Wildman–Crippen MR) is 111 cm³/mol. The molecule has 0 saturated carbocycles. The summed E-state index contributed by atoms with van der Waals surface area (Å²) in [4.78, 5) is 38.7. The Labute approximate surface area is 172 Å². The maximum absolute atomic E-state index is 13.1. The van der Waals surface area contributed by atoms with Gasteiger partial charge in [-0.25, -0.2) is 0 Å². The lowest BCUT2D eigenvalue weighted by Gasteiger charge is -2.31. The van der Waals surface area contributed by atoms with Crippen LogP contribution in [0.4, 0.5) is 0 Å². The topological polar surface area (TPSA) is 75.7 Å². The first-order valence-corrected chi connectivity index (χ1v) is 10.3. The molecule has 1 aromatic carbocycles. The summed E-state index contributed by atoms with van der Waals surface area (Å²) in [6.07, 6.45) is 4.91. The highest BCUT2D eigenvalue weighted by molar-refractivity contribution is 6.23. The van der Waals surface area contributed by atoms with E-state index in [1.54, 1.807) is 18.2 Å². The molecular weight excluding hydrogens is 368 g/mol. The van der Waals surface area contributed by atoms with E-state index in [2.05, 4.69) is 32.7 Å². The van der Waals surface area contributed by atoms with Crippen molar-refractivity contribution >= 4 is 17.7 Å². The third-order valence-corrected chi connectivity index (χ3v) is 5.40. The van der Waals surface area contributed by atoms with Crippen molar-refractivity contribution in [1.82, 2.24) is 10.2 Å². The molecular formula is C23H30N2O4. The van der Waals surface area contributed by atoms with Crippen LogP contribution in [-0.4, -0.2) is 35.3 Å². The van der Waals surface area contributed by atoms with Crippen LogP contribution in [0.2, 0.25) is 0 Å². The lowest BCUT2D eigenvalue weighted by molar-refractivity contribution is -0.121. The van der Waals surface area contributed by atoms with Crippen molar-refractivity contribution in [3.05, 3.63) is 41.6 Å². The fourth-order valence-corrected chi connectivity index (χ4v) is 3.84. The van der Waals surface area contributed by atoms with Crippen molar-refractivity contribution < 1.29 is 19.1 Å². The van der Waals surface area contributed by atoms with E-state index in [1.807, 2.05) is 0 Å². The van der Waals surface area contributed by atoms with Gasteiger partial charge in [-0.15, -0.1) is 0 Å². The molecule has 1 saturated heterocycles. The van der Waals surface area contributed by atoms with Crippen LogP contribution in [0.25, 0.3) is 0 Å². The number of fused-ring (bicyclic) bond motifs is 1. The second-order valence-corrected chi connectivity index (χ2v) is 9.01. The molecule has 2 aliphatic rings. The van der Waals surface area contributed by atoms with Gasteiger partial charge in [0.05, 0.1) is 23.8 Å². The number of imide groups is 1. The number of nitrogens with one attached hydrogen (secondary N) is 1. The smallest absolute Gasteiger partial charge is 0.265 e. The minimum Gasteiger partial charge on any atom is -0.493 e. The molecule has 156 valence electrons. The molecule has 1 fully saturated rings. The molecule has 0 radical (unpaired) electrons. The van der Waals surface area contributed by atoms with Gasteiger partial charge >= 0.3 is 0 Å². The van der Waals surface area contributed by atoms with Crippen molar-refractivity contribution in [2.45, 2.75) is 65.3 Å². The largest absolute Gasteiger partial charge is 0.493 e. The Balaban J connectivity index is 1.65. The van der Waals surface area contributed by atoms with Gasteiger partial charge in [-0.1, -0.05) is 46.3 Å². The van der Waals surface area contributed by atoms with E-state index < -0.39 is 6.04 Å². The molecule has 2 aliphatic heterocycles. The molecule has 6 nitrogen and oxygen atoms in total. The average molecular weight is 399 g/mol. The molecule has 1 N–H and O–H groups in total. The number of amides is 3. The zero-order valence-electron chi connectivity index (χ0n) is 17.5. The summed E-state index contributed by atoms with van der Waals surface area (Å²) in [5.41, 5.74) is 1.39. The number of hydrogen-bond acceptors (Lipinski definition) is 4. The Morgan fingerprint density at radius 1 is 1.14 bits per heavy atom. The second kappa shape index (κ2) is 8.39. The van der Waals surface area contributed by atoms with Crippen molar-refractivity contribution in [2.24, 2.45) is 5.41 Å². The molecule has 1 aromatic rings. The van der Waals surface area contributed by atoms with E-state index in [9.17, 15) is 14.4 Å². The zero-order valence-corrected chi connectivity index (χ0v) is 17.5. The Hall–Kier alpha value is -2.63. The lowest BCUT2D eigenvalue weighted by Crippen LogP contribution is -2.48. The van der Waals surface area contributed by atoms with Gasteiger partial charge in [0.2, 0.25) is 5.91 Å². The van der Waals surface area contributed by atoms with E-state index in [0.717, 1.165) is 25.7 Å². The number of hydrogen-bond donors (Lipinski definition) is 1. The minimum atomic E-state index is -0.523. The molecule has 1 atom stereocenters. The summed E-state index contributed by atoms with van der Waals surface area (Å²) in [7, 11) is 0. The normalized spacial score (nSPS) is 19.4. The summed E-state index contributed by atoms with van der Waals surface area (Å²) >= 11 is 0. The average Bonchev–Trinajstić information content (AvgIpc) is 2.89. The zero-order chi connectivity index (χ0) is 21.2. The first kappa shape index (κ1) is 21.1. The predicted octanol–water partition coefficient (Wildman–Crippen LogP) is 4.06. The Bertz CT molecular complexity index is 838. The van der Waals surface area contributed by atoms with E-state index in [1.165, 1.54) is 4.90 Å². The first-order chi connectivity index (χ1) is 13.7. The Kier molecular flexibility index (Phi) is 6.10. The van der Waals surface area contributed by atoms with Crippen molar-refractivity contribution in [3.63, 3.8) is 0 Å². The molecule has 29 heavy (non-hydrogen) atoms. The highest BCUT2D eigenvalue weighted by atomic mass is 16.5. The Morgan fingerprint density at radius 2 is 1.90 bits per heavy atom. The third kappa shape index (κ3) is 4.69. The number of nitrogens with zero attached hydrogens (tertiary/aromatic N) is 1. The Morgan fingerprint density at radius 3 is 2.59 bits per heavy atom. The van der Waals surface area contributed by atoms with Crippen LogP contribution in [0.1, 0.15) is 80.0 Å². The number of carbonyl (C=O) groups is 3. The summed E-state index contributed by atoms with van der Waals surface area (Å²) in [5, 5.41) is 2.64. The number of piperidine rings is 1. The number of carbonyl (C=O) groups excluding carboxylic acids is 3. The van der Waals surface area contributed by atoms with Gasteiger partial charge in [0.25, 0.3) is 11.8 Å². The van der Waals surface area contributed by atoms with Crippen LogP contribution >= 0.6 is 0 Å². The van der Waals surface area contributed by atoms with Gasteiger partial charge < -0.3 is 10.1 Å². The number of unbranched alkanes of at least 4 members (excludes halogenated alkanes) is 2. The van der Waals surface area contributed by atoms with Crippen LogP contribution in [0.3, 0.4) is 0 Å². The SMILES string of the molecule is C=C1NC(=O)CCC1N1C(=O)c2cccc(OCCCCCC(C)(C)C)c2C1=O. The van der Waals surface area contributed by atoms with Crippen LogP contribution in [0.15, 0.2) is 30.5 Å². The lowest BCUT2D eigenvalue weighted by atomic mass is 9.89. The van der Waals surface area contributed by atoms with Crippen molar-refractivity contribution in [3.8, 4) is 5.75 Å². The maximum atomic E-state index is 13.1. The minimum absolute atomic E-state index is 0.140. The molecule has 1 unspecified atom stereocenters. The first-order valence-electron chi connectivity index (χ1n) is 10.3. The van der Waals surface area contributed by atoms with Gasteiger partial charge in [0.1, 0.15) is 5.75 Å². The van der Waals surface area contributed by atoms with Gasteiger partial charge in [0, 0.05) is 12.1 Å². The fourth-order valence-electron chi connectivity index (χ4n) is 3.84. The molecule has 3 rings (SSSR count). The van der Waals surface area contributed by atoms with E-state index >= 15 is 0 Å². The van der Waals surface area contributed by atoms with Gasteiger partial charge in [-0.05, 0) is 36.8 Å². The number of ether oxygens (including phenoxy) is 1. The van der Waals surface area contributed by atoms with Gasteiger partial charge in [-0.3, -0.25) is 19.3 Å². The second-order valence-electron chi connectivity index (χ2n) is 9.01. The van der Waals surface area contributed by atoms with E-state index in [0.29, 0.717) is 41.0 Å². The van der Waals surface area contributed by atoms with Crippen molar-refractivity contribution in [2.75, 3.05) is 6.61 Å². The fraction of sp³-hybridized carbons (Fsp3) is 0.522. The van der Waals surface area contributed by atoms with Gasteiger partial charge in [-0.2, -0.15) is 0 Å². The van der Waals surface area contributed by atoms with Gasteiger partial charge in [0.15, 0.2) is 0 Å². The summed E-state index contributed by atoms with van der Waals surface area (Å²) in [6, 6.07) is 4.60. The number of rotatable bonds is 7. The van der Waals surface area contributed by atoms with E-state index in [4.69, 9.17) is 4.74 Å². The highest BCUT2D eigenvalue weighted by Crippen LogP contribution is 2.35. The van der Waals surface area contributed by atoms with E-state index in [-0.39, 0.29) is 24.1 Å². The highest BCUT2D eigenvalue weighted by Gasteiger charge is 2.44. The van der Waals surface area contributed by atoms with Crippen LogP contribution in [-0.2, 0) is 4.79 Å². The third-order valence-electron chi connectivity index (χ3n) is 5.40. The molecule has 2 heterocycles. The summed E-state index contributed by atoms with van der Waals surface area (Å²) in [6.45, 7) is 11.0. The quantitative estimate of drug-likeness (QED) is 0.555. The number of benzene rings is 1. The summed E-state index contributed by atoms with van der Waals surface area (Å²) < 4.78 is 5.89. The van der Waals surface area contributed by atoms with Crippen molar-refractivity contribution in [1.29, 1.82) is 0 Å². The van der Waals surface area contributed by atoms with Crippen LogP contribution in [0.5, 0.6) is 5.75 Å². The molecule has 0 spiro atoms. The monoisotopic (exact) mass is 398 g/mol. The molecule has 0 aliphatic carbocycles. The molecule has 6 heteroatoms. The van der Waals surface area contributed by atoms with Crippen LogP contribution in [0, 0.1) is 5.41 Å². The molecule has 0 aromatic heterocycles. The maximum Gasteiger partial charge on any atom is 0.265 e.